The van der Waals surface area contributed by atoms with E-state index in [0.29, 0.717) is 11.4 Å². The molecule has 1 heterocycles. The number of nitrogens with two attached hydrogens (primary N) is 1. The van der Waals surface area contributed by atoms with Crippen molar-refractivity contribution in [1.29, 1.82) is 0 Å². The van der Waals surface area contributed by atoms with Crippen molar-refractivity contribution in [3.8, 4) is 0 Å². The first-order valence-electron chi connectivity index (χ1n) is 4.16. The summed E-state index contributed by atoms with van der Waals surface area (Å²) in [6.45, 7) is 0. The summed E-state index contributed by atoms with van der Waals surface area (Å²) in [4.78, 5) is 11.5. The molecule has 2 rings (SSSR count). The zero-order chi connectivity index (χ0) is 10.7. The van der Waals surface area contributed by atoms with Crippen LogP contribution in [0.4, 0.5) is 11.4 Å². The van der Waals surface area contributed by atoms with Crippen LogP contribution in [-0.4, -0.2) is 26.5 Å². The average Bonchev–Trinajstić information content (AvgIpc) is 2.74. The number of tetrazole rings is 1. The Hall–Kier alpha value is -2.44. The van der Waals surface area contributed by atoms with Crippen molar-refractivity contribution >= 4 is 17.3 Å². The lowest BCUT2D eigenvalue weighted by atomic mass is 10.2. The van der Waals surface area contributed by atoms with E-state index in [0.717, 1.165) is 0 Å². The maximum absolute atomic E-state index is 11.5. The molecule has 1 aromatic carbocycles. The second-order valence-corrected chi connectivity index (χ2v) is 2.78. The van der Waals surface area contributed by atoms with Gasteiger partial charge in [-0.25, -0.2) is 0 Å². The van der Waals surface area contributed by atoms with Gasteiger partial charge in [-0.3, -0.25) is 4.79 Å². The van der Waals surface area contributed by atoms with Crippen LogP contribution < -0.4 is 11.1 Å². The standard InChI is InChI=1S/C8H8N6O/c9-5-3-1-2-4-6(5)10-8(15)7-11-13-14-12-7/h1-4H,9H2,(H,10,15)(H,11,12,13,14). The van der Waals surface area contributed by atoms with Crippen LogP contribution in [-0.2, 0) is 0 Å². The number of nitrogens with zero attached hydrogens (tertiary/aromatic N) is 3. The molecule has 7 nitrogen and oxygen atoms in total. The number of carbonyl (C=O) groups is 1. The van der Waals surface area contributed by atoms with E-state index < -0.39 is 5.91 Å². The Bertz CT molecular complexity index is 466. The molecule has 2 aromatic rings. The summed E-state index contributed by atoms with van der Waals surface area (Å²) in [5, 5.41) is 15.1. The monoisotopic (exact) mass is 204 g/mol. The molecule has 0 saturated carbocycles. The first kappa shape index (κ1) is 9.13. The van der Waals surface area contributed by atoms with Gasteiger partial charge in [0, 0.05) is 0 Å². The molecule has 0 fully saturated rings. The predicted octanol–water partition coefficient (Wildman–Crippen LogP) is 0.0342. The van der Waals surface area contributed by atoms with E-state index in [4.69, 9.17) is 5.73 Å². The zero-order valence-corrected chi connectivity index (χ0v) is 7.64. The van der Waals surface area contributed by atoms with E-state index in [2.05, 4.69) is 25.9 Å². The molecular formula is C8H8N6O. The molecule has 0 spiro atoms. The fraction of sp³-hybridized carbons (Fsp3) is 0. The molecule has 76 valence electrons. The minimum Gasteiger partial charge on any atom is -0.397 e. The van der Waals surface area contributed by atoms with Gasteiger partial charge in [-0.05, 0) is 17.3 Å². The molecular weight excluding hydrogens is 196 g/mol. The van der Waals surface area contributed by atoms with Crippen molar-refractivity contribution in [2.24, 2.45) is 0 Å². The lowest BCUT2D eigenvalue weighted by molar-refractivity contribution is 0.101. The molecule has 1 amide bonds. The van der Waals surface area contributed by atoms with Gasteiger partial charge in [-0.1, -0.05) is 12.1 Å². The van der Waals surface area contributed by atoms with Gasteiger partial charge in [0.05, 0.1) is 11.4 Å². The molecule has 0 aliphatic carbocycles. The van der Waals surface area contributed by atoms with Crippen molar-refractivity contribution in [3.63, 3.8) is 0 Å². The molecule has 0 radical (unpaired) electrons. The van der Waals surface area contributed by atoms with Crippen molar-refractivity contribution in [2.75, 3.05) is 11.1 Å². The number of nitrogens with one attached hydrogen (secondary N) is 2. The average molecular weight is 204 g/mol. The summed E-state index contributed by atoms with van der Waals surface area (Å²) in [6.07, 6.45) is 0. The van der Waals surface area contributed by atoms with Gasteiger partial charge in [0.2, 0.25) is 0 Å². The van der Waals surface area contributed by atoms with E-state index in [-0.39, 0.29) is 5.82 Å². The number of carbonyl (C=O) groups excluding carboxylic acids is 1. The molecule has 15 heavy (non-hydrogen) atoms. The highest BCUT2D eigenvalue weighted by molar-refractivity contribution is 6.02. The zero-order valence-electron chi connectivity index (χ0n) is 7.64. The van der Waals surface area contributed by atoms with E-state index >= 15 is 0 Å². The van der Waals surface area contributed by atoms with E-state index in [1.807, 2.05) is 0 Å². The van der Waals surface area contributed by atoms with Gasteiger partial charge in [-0.2, -0.15) is 5.21 Å². The quantitative estimate of drug-likeness (QED) is 0.598. The summed E-state index contributed by atoms with van der Waals surface area (Å²) >= 11 is 0. The van der Waals surface area contributed by atoms with Crippen LogP contribution >= 0.6 is 0 Å². The van der Waals surface area contributed by atoms with Gasteiger partial charge in [0.15, 0.2) is 0 Å². The third-order valence-electron chi connectivity index (χ3n) is 1.76. The van der Waals surface area contributed by atoms with Crippen LogP contribution in [0, 0.1) is 0 Å². The fourth-order valence-electron chi connectivity index (χ4n) is 1.05. The molecule has 7 heteroatoms. The van der Waals surface area contributed by atoms with Crippen molar-refractivity contribution < 1.29 is 4.79 Å². The van der Waals surface area contributed by atoms with Crippen LogP contribution in [0.2, 0.25) is 0 Å². The molecule has 0 aliphatic heterocycles. The van der Waals surface area contributed by atoms with E-state index in [1.54, 1.807) is 24.3 Å². The Balaban J connectivity index is 2.17. The third-order valence-corrected chi connectivity index (χ3v) is 1.76. The maximum Gasteiger partial charge on any atom is 0.297 e. The van der Waals surface area contributed by atoms with Crippen molar-refractivity contribution in [2.45, 2.75) is 0 Å². The summed E-state index contributed by atoms with van der Waals surface area (Å²) < 4.78 is 0. The second-order valence-electron chi connectivity index (χ2n) is 2.78. The Morgan fingerprint density at radius 3 is 2.87 bits per heavy atom. The molecule has 0 bridgehead atoms. The lowest BCUT2D eigenvalue weighted by Gasteiger charge is -2.04. The van der Waals surface area contributed by atoms with Crippen LogP contribution in [0.3, 0.4) is 0 Å². The summed E-state index contributed by atoms with van der Waals surface area (Å²) in [6, 6.07) is 6.92. The molecule has 4 N–H and O–H groups in total. The smallest absolute Gasteiger partial charge is 0.297 e. The van der Waals surface area contributed by atoms with Gasteiger partial charge in [0.1, 0.15) is 0 Å². The molecule has 0 saturated heterocycles. The number of hydrogen-bond acceptors (Lipinski definition) is 5. The number of hydrogen-bond donors (Lipinski definition) is 3. The Labute approximate surface area is 84.7 Å². The molecule has 0 atom stereocenters. The Morgan fingerprint density at radius 1 is 1.40 bits per heavy atom. The van der Waals surface area contributed by atoms with Gasteiger partial charge in [-0.15, -0.1) is 10.2 Å². The highest BCUT2D eigenvalue weighted by Gasteiger charge is 2.11. The fourth-order valence-corrected chi connectivity index (χ4v) is 1.05. The van der Waals surface area contributed by atoms with E-state index in [9.17, 15) is 4.79 Å². The molecule has 1 aromatic heterocycles. The number of nitrogen functional groups attached to an aromatic ring is 1. The Morgan fingerprint density at radius 2 is 2.20 bits per heavy atom. The largest absolute Gasteiger partial charge is 0.397 e. The number of anilines is 2. The lowest BCUT2D eigenvalue weighted by Crippen LogP contribution is -2.14. The topological polar surface area (TPSA) is 110 Å². The van der Waals surface area contributed by atoms with E-state index in [1.165, 1.54) is 0 Å². The highest BCUT2D eigenvalue weighted by atomic mass is 16.2. The normalized spacial score (nSPS) is 9.87. The first-order valence-corrected chi connectivity index (χ1v) is 4.16. The SMILES string of the molecule is Nc1ccccc1NC(=O)c1nn[nH]n1. The van der Waals surface area contributed by atoms with Crippen LogP contribution in [0.1, 0.15) is 10.6 Å². The van der Waals surface area contributed by atoms with Crippen LogP contribution in [0.15, 0.2) is 24.3 Å². The first-order chi connectivity index (χ1) is 7.27. The highest BCUT2D eigenvalue weighted by Crippen LogP contribution is 2.16. The molecule has 0 aliphatic rings. The molecule has 0 unspecified atom stereocenters. The number of amides is 1. The second kappa shape index (κ2) is 3.74. The summed E-state index contributed by atoms with van der Waals surface area (Å²) in [5.74, 6) is -0.486. The number of aromatic nitrogens is 4. The van der Waals surface area contributed by atoms with Gasteiger partial charge >= 0.3 is 0 Å². The predicted molar refractivity (Wildman–Crippen MR) is 53.0 cm³/mol. The number of aromatic amines is 1. The Kier molecular flexibility index (Phi) is 2.28. The van der Waals surface area contributed by atoms with Crippen molar-refractivity contribution in [1.82, 2.24) is 20.6 Å². The van der Waals surface area contributed by atoms with Gasteiger partial charge < -0.3 is 11.1 Å². The minimum atomic E-state index is -0.457. The number of rotatable bonds is 2. The summed E-state index contributed by atoms with van der Waals surface area (Å²) in [5.41, 5.74) is 6.64. The minimum absolute atomic E-state index is 0.0294. The van der Waals surface area contributed by atoms with Crippen molar-refractivity contribution in [3.05, 3.63) is 30.1 Å². The maximum atomic E-state index is 11.5. The van der Waals surface area contributed by atoms with Gasteiger partial charge in [0.25, 0.3) is 11.7 Å². The van der Waals surface area contributed by atoms with Crippen LogP contribution in [0.5, 0.6) is 0 Å². The number of benzene rings is 1. The van der Waals surface area contributed by atoms with Crippen LogP contribution in [0.25, 0.3) is 0 Å². The summed E-state index contributed by atoms with van der Waals surface area (Å²) in [7, 11) is 0. The number of H-pyrrole nitrogens is 1. The number of para-hydroxylation sites is 2. The third kappa shape index (κ3) is 1.90.